The van der Waals surface area contributed by atoms with Crippen molar-refractivity contribution in [1.82, 2.24) is 19.9 Å². The van der Waals surface area contributed by atoms with Gasteiger partial charge >= 0.3 is 5.97 Å². The molecule has 2 aromatic heterocycles. The highest BCUT2D eigenvalue weighted by molar-refractivity contribution is 5.83. The van der Waals surface area contributed by atoms with Crippen molar-refractivity contribution >= 4 is 16.9 Å². The van der Waals surface area contributed by atoms with Crippen molar-refractivity contribution < 1.29 is 19.0 Å². The first kappa shape index (κ1) is 24.6. The van der Waals surface area contributed by atoms with Crippen molar-refractivity contribution in [3.63, 3.8) is 0 Å². The van der Waals surface area contributed by atoms with Gasteiger partial charge in [-0.2, -0.15) is 0 Å². The number of nitrogens with zero attached hydrogens (tertiary/aromatic N) is 4. The van der Waals surface area contributed by atoms with Crippen molar-refractivity contribution in [2.24, 2.45) is 11.8 Å². The van der Waals surface area contributed by atoms with Gasteiger partial charge in [-0.1, -0.05) is 5.92 Å². The summed E-state index contributed by atoms with van der Waals surface area (Å²) in [5, 5.41) is 10.2. The van der Waals surface area contributed by atoms with Crippen LogP contribution in [0.2, 0.25) is 0 Å². The lowest BCUT2D eigenvalue weighted by Gasteiger charge is -2.37. The number of alkyl halides is 1. The molecule has 35 heavy (non-hydrogen) atoms. The van der Waals surface area contributed by atoms with Gasteiger partial charge in [-0.05, 0) is 79.5 Å². The summed E-state index contributed by atoms with van der Waals surface area (Å²) < 4.78 is 20.7. The van der Waals surface area contributed by atoms with Gasteiger partial charge in [0.2, 0.25) is 5.82 Å². The number of pyridine rings is 1. The molecule has 0 unspecified atom stereocenters. The lowest BCUT2D eigenvalue weighted by molar-refractivity contribution is -0.139. The Hall–Kier alpha value is -3.57. The Morgan fingerprint density at radius 2 is 2.06 bits per heavy atom. The van der Waals surface area contributed by atoms with E-state index in [0.717, 1.165) is 23.9 Å². The lowest BCUT2D eigenvalue weighted by Crippen LogP contribution is -2.41. The molecule has 8 heteroatoms. The maximum atomic E-state index is 15.4. The molecule has 1 N–H and O–H groups in total. The molecule has 7 nitrogen and oxygen atoms in total. The Kier molecular flexibility index (Phi) is 8.22. The highest BCUT2D eigenvalue weighted by atomic mass is 19.1. The highest BCUT2D eigenvalue weighted by Gasteiger charge is 2.31. The normalized spacial score (nSPS) is 19.0. The number of aliphatic carboxylic acids is 1. The predicted molar refractivity (Wildman–Crippen MR) is 131 cm³/mol. The first-order valence-electron chi connectivity index (χ1n) is 11.8. The quantitative estimate of drug-likeness (QED) is 0.485. The molecule has 3 atom stereocenters. The Labute approximate surface area is 204 Å². The number of hydrogen-bond donors (Lipinski definition) is 1. The molecule has 3 heterocycles. The monoisotopic (exact) mass is 476 g/mol. The van der Waals surface area contributed by atoms with Gasteiger partial charge in [0.15, 0.2) is 0 Å². The fourth-order valence-corrected chi connectivity index (χ4v) is 4.79. The van der Waals surface area contributed by atoms with Crippen LogP contribution < -0.4 is 4.74 Å². The number of carbonyl (C=O) groups is 1. The number of likely N-dealkylation sites (tertiary alicyclic amines) is 1. The minimum atomic E-state index is -1.16. The van der Waals surface area contributed by atoms with Gasteiger partial charge in [-0.3, -0.25) is 14.7 Å². The third-order valence-corrected chi connectivity index (χ3v) is 6.59. The molecule has 0 saturated carbocycles. The molecule has 4 rings (SSSR count). The van der Waals surface area contributed by atoms with E-state index in [1.165, 1.54) is 0 Å². The van der Waals surface area contributed by atoms with E-state index in [0.29, 0.717) is 43.1 Å². The molecule has 1 aliphatic heterocycles. The van der Waals surface area contributed by atoms with E-state index in [1.54, 1.807) is 37.8 Å². The van der Waals surface area contributed by atoms with Gasteiger partial charge < -0.3 is 9.84 Å². The minimum absolute atomic E-state index is 0.0440. The summed E-state index contributed by atoms with van der Waals surface area (Å²) in [5.41, 5.74) is 1.32. The maximum Gasteiger partial charge on any atom is 0.303 e. The van der Waals surface area contributed by atoms with Gasteiger partial charge in [0.25, 0.3) is 0 Å². The average molecular weight is 477 g/mol. The van der Waals surface area contributed by atoms with Crippen LogP contribution in [0.4, 0.5) is 4.39 Å². The van der Waals surface area contributed by atoms with Crippen LogP contribution in [0.3, 0.4) is 0 Å². The number of hydrogen-bond acceptors (Lipinski definition) is 6. The third kappa shape index (κ3) is 6.52. The van der Waals surface area contributed by atoms with E-state index in [-0.39, 0.29) is 18.3 Å². The fourth-order valence-electron chi connectivity index (χ4n) is 4.79. The Bertz CT molecular complexity index is 1210. The zero-order valence-electron chi connectivity index (χ0n) is 19.7. The molecular weight excluding hydrogens is 447 g/mol. The Balaban J connectivity index is 1.39. The molecule has 1 aromatic carbocycles. The first-order chi connectivity index (χ1) is 17.0. The largest absolute Gasteiger partial charge is 0.497 e. The average Bonchev–Trinajstić information content (AvgIpc) is 2.87. The number of ether oxygens (including phenoxy) is 1. The number of carboxylic acid groups (broad SMARTS) is 1. The molecule has 0 aliphatic carbocycles. The van der Waals surface area contributed by atoms with Crippen molar-refractivity contribution in [3.8, 4) is 17.6 Å². The number of benzene rings is 1. The van der Waals surface area contributed by atoms with E-state index in [9.17, 15) is 9.90 Å². The molecule has 1 fully saturated rings. The summed E-state index contributed by atoms with van der Waals surface area (Å²) in [4.78, 5) is 26.2. The second-order valence-corrected chi connectivity index (χ2v) is 8.84. The molecular formula is C27H29FN4O3. The summed E-state index contributed by atoms with van der Waals surface area (Å²) in [5.74, 6) is 6.44. The van der Waals surface area contributed by atoms with E-state index in [1.807, 2.05) is 18.2 Å². The Morgan fingerprint density at radius 3 is 2.83 bits per heavy atom. The van der Waals surface area contributed by atoms with Crippen molar-refractivity contribution in [2.75, 3.05) is 26.7 Å². The summed E-state index contributed by atoms with van der Waals surface area (Å²) in [6.07, 6.45) is 5.62. The zero-order valence-corrected chi connectivity index (χ0v) is 19.7. The van der Waals surface area contributed by atoms with Crippen LogP contribution in [-0.2, 0) is 4.79 Å². The fraction of sp³-hybridized carbons (Fsp3) is 0.407. The molecule has 1 aliphatic rings. The van der Waals surface area contributed by atoms with Crippen LogP contribution in [0, 0.1) is 23.7 Å². The predicted octanol–water partition coefficient (Wildman–Crippen LogP) is 4.29. The molecule has 1 saturated heterocycles. The number of methoxy groups -OCH3 is 1. The summed E-state index contributed by atoms with van der Waals surface area (Å²) in [7, 11) is 1.58. The topological polar surface area (TPSA) is 88.4 Å². The van der Waals surface area contributed by atoms with E-state index in [2.05, 4.69) is 31.7 Å². The third-order valence-electron chi connectivity index (χ3n) is 6.59. The zero-order chi connectivity index (χ0) is 24.6. The van der Waals surface area contributed by atoms with Crippen LogP contribution >= 0.6 is 0 Å². The Morgan fingerprint density at radius 1 is 1.23 bits per heavy atom. The van der Waals surface area contributed by atoms with Crippen molar-refractivity contribution in [1.29, 1.82) is 0 Å². The molecule has 0 amide bonds. The summed E-state index contributed by atoms with van der Waals surface area (Å²) in [6, 6.07) is 8.92. The van der Waals surface area contributed by atoms with Crippen LogP contribution in [0.1, 0.15) is 43.2 Å². The van der Waals surface area contributed by atoms with Gasteiger partial charge in [0, 0.05) is 36.9 Å². The number of fused-ring (bicyclic) bond motifs is 1. The number of aromatic nitrogens is 3. The number of halogens is 1. The second-order valence-electron chi connectivity index (χ2n) is 8.84. The highest BCUT2D eigenvalue weighted by Crippen LogP contribution is 2.36. The van der Waals surface area contributed by atoms with Gasteiger partial charge in [0.1, 0.15) is 11.9 Å². The SMILES string of the molecule is COc1ccc2nccc([C@@H](F)CC[C@@H]3CCN(CC#Cc4ncccn4)C[C@@H]3CC(=O)O)c2c1. The maximum absolute atomic E-state index is 15.4. The molecule has 0 bridgehead atoms. The van der Waals surface area contributed by atoms with E-state index in [4.69, 9.17) is 4.74 Å². The lowest BCUT2D eigenvalue weighted by atomic mass is 9.79. The van der Waals surface area contributed by atoms with Crippen molar-refractivity contribution in [3.05, 3.63) is 60.3 Å². The molecule has 0 radical (unpaired) electrons. The van der Waals surface area contributed by atoms with Gasteiger partial charge in [-0.25, -0.2) is 14.4 Å². The molecule has 182 valence electrons. The standard InChI is InChI=1S/C27H29FN4O3/c1-35-21-6-8-25-23(17-21)22(9-13-29-25)24(28)7-5-19-10-15-32(18-20(19)16-27(33)34)14-2-4-26-30-11-3-12-31-26/h3,6,8-9,11-13,17,19-20,24H,5,7,10,14-16,18H2,1H3,(H,33,34)/t19-,20+,24+/m1/s1. The summed E-state index contributed by atoms with van der Waals surface area (Å²) >= 11 is 0. The first-order valence-corrected chi connectivity index (χ1v) is 11.8. The second kappa shape index (κ2) is 11.7. The number of carboxylic acids is 1. The number of piperidine rings is 1. The van der Waals surface area contributed by atoms with E-state index < -0.39 is 12.1 Å². The van der Waals surface area contributed by atoms with Crippen LogP contribution in [-0.4, -0.2) is 57.7 Å². The molecule has 0 spiro atoms. The molecule has 3 aromatic rings. The van der Waals surface area contributed by atoms with Gasteiger partial charge in [-0.15, -0.1) is 0 Å². The number of rotatable bonds is 8. The van der Waals surface area contributed by atoms with Gasteiger partial charge in [0.05, 0.1) is 19.2 Å². The van der Waals surface area contributed by atoms with E-state index >= 15 is 4.39 Å². The summed E-state index contributed by atoms with van der Waals surface area (Å²) in [6.45, 7) is 1.96. The van der Waals surface area contributed by atoms with Crippen LogP contribution in [0.25, 0.3) is 10.9 Å². The minimum Gasteiger partial charge on any atom is -0.497 e. The van der Waals surface area contributed by atoms with Crippen molar-refractivity contribution in [2.45, 2.75) is 31.9 Å². The smallest absolute Gasteiger partial charge is 0.303 e. The van der Waals surface area contributed by atoms with Crippen LogP contribution in [0.15, 0.2) is 48.9 Å². The van der Waals surface area contributed by atoms with Crippen LogP contribution in [0.5, 0.6) is 5.75 Å².